The van der Waals surface area contributed by atoms with Gasteiger partial charge in [0.25, 0.3) is 0 Å². The van der Waals surface area contributed by atoms with Crippen LogP contribution in [-0.4, -0.2) is 22.6 Å². The average Bonchev–Trinajstić information content (AvgIpc) is 1.98. The first-order chi connectivity index (χ1) is 6.61. The van der Waals surface area contributed by atoms with E-state index in [9.17, 15) is 4.39 Å². The minimum atomic E-state index is -4.67. The van der Waals surface area contributed by atoms with E-state index in [2.05, 4.69) is 0 Å². The van der Waals surface area contributed by atoms with E-state index in [1.165, 1.54) is 12.1 Å². The predicted molar refractivity (Wildman–Crippen MR) is 51.4 cm³/mol. The predicted octanol–water partition coefficient (Wildman–Crippen LogP) is 0.769. The molecule has 0 heterocycles. The number of benzene rings is 1. The normalized spacial score (nSPS) is 10.4. The third kappa shape index (κ3) is 6.66. The summed E-state index contributed by atoms with van der Waals surface area (Å²) in [7, 11) is -4.67. The second-order valence-corrected chi connectivity index (χ2v) is 3.50. The first-order valence-corrected chi connectivity index (χ1v) is 4.95. The summed E-state index contributed by atoms with van der Waals surface area (Å²) in [5.41, 5.74) is 5.62. The van der Waals surface area contributed by atoms with Gasteiger partial charge in [0.05, 0.1) is 5.69 Å². The summed E-state index contributed by atoms with van der Waals surface area (Å²) in [6.07, 6.45) is 0. The van der Waals surface area contributed by atoms with Gasteiger partial charge in [-0.05, 0) is 18.6 Å². The molecule has 0 unspecified atom stereocenters. The van der Waals surface area contributed by atoms with Crippen LogP contribution in [-0.2, 0) is 10.4 Å². The minimum Gasteiger partial charge on any atom is -0.508 e. The Hall–Kier alpha value is -1.38. The highest BCUT2D eigenvalue weighted by Gasteiger charge is 2.01. The van der Waals surface area contributed by atoms with Crippen molar-refractivity contribution in [2.75, 3.05) is 5.73 Å². The molecule has 15 heavy (non-hydrogen) atoms. The Morgan fingerprint density at radius 2 is 1.73 bits per heavy atom. The smallest absolute Gasteiger partial charge is 0.394 e. The molecule has 86 valence electrons. The maximum Gasteiger partial charge on any atom is 0.394 e. The van der Waals surface area contributed by atoms with Crippen molar-refractivity contribution < 1.29 is 27.0 Å². The number of aromatic hydroxyl groups is 1. The van der Waals surface area contributed by atoms with E-state index in [0.29, 0.717) is 5.56 Å². The molecule has 0 radical (unpaired) electrons. The summed E-state index contributed by atoms with van der Waals surface area (Å²) in [5, 5.41) is 8.98. The summed E-state index contributed by atoms with van der Waals surface area (Å²) < 4.78 is 44.1. The highest BCUT2D eigenvalue weighted by atomic mass is 32.3. The highest BCUT2D eigenvalue weighted by Crippen LogP contribution is 2.21. The Bertz CT molecular complexity index is 387. The van der Waals surface area contributed by atoms with Crippen LogP contribution in [0.3, 0.4) is 0 Å². The summed E-state index contributed by atoms with van der Waals surface area (Å²) in [4.78, 5) is 0. The fourth-order valence-corrected chi connectivity index (χ4v) is 0.677. The van der Waals surface area contributed by atoms with Crippen LogP contribution in [0.2, 0.25) is 0 Å². The second kappa shape index (κ2) is 4.91. The van der Waals surface area contributed by atoms with Crippen molar-refractivity contribution in [3.8, 4) is 5.75 Å². The molecule has 0 aliphatic heterocycles. The van der Waals surface area contributed by atoms with E-state index < -0.39 is 16.2 Å². The van der Waals surface area contributed by atoms with Gasteiger partial charge >= 0.3 is 10.4 Å². The van der Waals surface area contributed by atoms with Gasteiger partial charge in [0.1, 0.15) is 11.6 Å². The van der Waals surface area contributed by atoms with Gasteiger partial charge < -0.3 is 10.8 Å². The van der Waals surface area contributed by atoms with Crippen molar-refractivity contribution >= 4 is 16.1 Å². The van der Waals surface area contributed by atoms with Crippen molar-refractivity contribution in [1.29, 1.82) is 0 Å². The van der Waals surface area contributed by atoms with Crippen LogP contribution in [0.25, 0.3) is 0 Å². The number of rotatable bonds is 0. The molecule has 0 spiro atoms. The number of anilines is 1. The van der Waals surface area contributed by atoms with Gasteiger partial charge in [0, 0.05) is 6.07 Å². The molecule has 5 N–H and O–H groups in total. The molecule has 8 heteroatoms. The SMILES string of the molecule is Cc1cc(F)c(N)cc1O.O=S(=O)(O)O. The molecular weight excluding hydrogens is 229 g/mol. The Morgan fingerprint density at radius 1 is 1.33 bits per heavy atom. The van der Waals surface area contributed by atoms with Gasteiger partial charge in [-0.15, -0.1) is 0 Å². The molecule has 0 aromatic heterocycles. The summed E-state index contributed by atoms with van der Waals surface area (Å²) in [5.74, 6) is -0.464. The van der Waals surface area contributed by atoms with Crippen LogP contribution in [0, 0.1) is 12.7 Å². The molecule has 0 saturated carbocycles. The summed E-state index contributed by atoms with van der Waals surface area (Å²) in [6.45, 7) is 1.61. The van der Waals surface area contributed by atoms with E-state index in [1.807, 2.05) is 0 Å². The number of phenols is 1. The Morgan fingerprint density at radius 3 is 2.07 bits per heavy atom. The van der Waals surface area contributed by atoms with Gasteiger partial charge in [-0.3, -0.25) is 9.11 Å². The largest absolute Gasteiger partial charge is 0.508 e. The lowest BCUT2D eigenvalue weighted by Crippen LogP contribution is -1.90. The molecule has 0 amide bonds. The third-order valence-electron chi connectivity index (χ3n) is 1.32. The molecule has 0 bridgehead atoms. The number of nitrogens with two attached hydrogens (primary N) is 1. The topological polar surface area (TPSA) is 121 Å². The average molecular weight is 239 g/mol. The molecule has 0 aliphatic carbocycles. The zero-order valence-electron chi connectivity index (χ0n) is 7.68. The van der Waals surface area contributed by atoms with Crippen LogP contribution in [0.15, 0.2) is 12.1 Å². The molecule has 1 aromatic carbocycles. The highest BCUT2D eigenvalue weighted by molar-refractivity contribution is 7.79. The van der Waals surface area contributed by atoms with Gasteiger partial charge in [0.15, 0.2) is 0 Å². The minimum absolute atomic E-state index is 0.0249. The van der Waals surface area contributed by atoms with Gasteiger partial charge in [-0.1, -0.05) is 0 Å². The molecular formula is C7H10FNO5S. The van der Waals surface area contributed by atoms with E-state index in [0.717, 1.165) is 0 Å². The van der Waals surface area contributed by atoms with Gasteiger partial charge in [-0.25, -0.2) is 4.39 Å². The number of nitrogen functional groups attached to an aromatic ring is 1. The van der Waals surface area contributed by atoms with Crippen LogP contribution in [0.1, 0.15) is 5.56 Å². The van der Waals surface area contributed by atoms with E-state index in [4.69, 9.17) is 28.4 Å². The van der Waals surface area contributed by atoms with Crippen molar-refractivity contribution in [2.45, 2.75) is 6.92 Å². The molecule has 6 nitrogen and oxygen atoms in total. The lowest BCUT2D eigenvalue weighted by Gasteiger charge is -2.00. The van der Waals surface area contributed by atoms with E-state index in [-0.39, 0.29) is 11.4 Å². The number of hydrogen-bond acceptors (Lipinski definition) is 4. The Kier molecular flexibility index (Phi) is 4.46. The number of halogens is 1. The van der Waals surface area contributed by atoms with Crippen LogP contribution in [0.5, 0.6) is 5.75 Å². The second-order valence-electron chi connectivity index (χ2n) is 2.61. The molecule has 1 rings (SSSR count). The van der Waals surface area contributed by atoms with E-state index in [1.54, 1.807) is 6.92 Å². The molecule has 0 atom stereocenters. The monoisotopic (exact) mass is 239 g/mol. The lowest BCUT2D eigenvalue weighted by molar-refractivity contribution is 0.381. The fraction of sp³-hybridized carbons (Fsp3) is 0.143. The maximum absolute atomic E-state index is 12.5. The number of hydrogen-bond donors (Lipinski definition) is 4. The van der Waals surface area contributed by atoms with Crippen molar-refractivity contribution in [2.24, 2.45) is 0 Å². The van der Waals surface area contributed by atoms with Gasteiger partial charge in [-0.2, -0.15) is 8.42 Å². The Labute approximate surface area is 85.7 Å². The Balaban J connectivity index is 0.000000336. The third-order valence-corrected chi connectivity index (χ3v) is 1.32. The number of aryl methyl sites for hydroxylation is 1. The van der Waals surface area contributed by atoms with Crippen molar-refractivity contribution in [1.82, 2.24) is 0 Å². The first-order valence-electron chi connectivity index (χ1n) is 3.55. The van der Waals surface area contributed by atoms with Gasteiger partial charge in [0.2, 0.25) is 0 Å². The first kappa shape index (κ1) is 13.6. The standard InChI is InChI=1S/C7H8FNO.H2O4S/c1-4-2-5(8)6(9)3-7(4)10;1-5(2,3)4/h2-3,10H,9H2,1H3;(H2,1,2,3,4). The maximum atomic E-state index is 12.5. The fourth-order valence-electron chi connectivity index (χ4n) is 0.677. The van der Waals surface area contributed by atoms with E-state index >= 15 is 0 Å². The molecule has 0 fully saturated rings. The molecule has 1 aromatic rings. The molecule has 0 saturated heterocycles. The van der Waals surface area contributed by atoms with Crippen LogP contribution >= 0.6 is 0 Å². The van der Waals surface area contributed by atoms with Crippen molar-refractivity contribution in [3.63, 3.8) is 0 Å². The zero-order chi connectivity index (χ0) is 12.2. The zero-order valence-corrected chi connectivity index (χ0v) is 8.49. The van der Waals surface area contributed by atoms with Crippen LogP contribution < -0.4 is 5.73 Å². The van der Waals surface area contributed by atoms with Crippen molar-refractivity contribution in [3.05, 3.63) is 23.5 Å². The number of phenolic OH excluding ortho intramolecular Hbond substituents is 1. The molecule has 0 aliphatic rings. The quantitative estimate of drug-likeness (QED) is 0.392. The lowest BCUT2D eigenvalue weighted by atomic mass is 10.2. The summed E-state index contributed by atoms with van der Waals surface area (Å²) in [6, 6.07) is 2.40. The van der Waals surface area contributed by atoms with Crippen LogP contribution in [0.4, 0.5) is 10.1 Å². The summed E-state index contributed by atoms with van der Waals surface area (Å²) >= 11 is 0.